The topological polar surface area (TPSA) is 127 Å². The fourth-order valence-corrected chi connectivity index (χ4v) is 4.15. The van der Waals surface area contributed by atoms with Crippen LogP contribution in [-0.4, -0.2) is 46.3 Å². The lowest BCUT2D eigenvalue weighted by molar-refractivity contribution is 0.102. The molecule has 2 heterocycles. The largest absolute Gasteiger partial charge is 0.482 e. The third-order valence-corrected chi connectivity index (χ3v) is 6.05. The zero-order chi connectivity index (χ0) is 27.3. The lowest BCUT2D eigenvalue weighted by Crippen LogP contribution is -2.42. The number of ether oxygens (including phenoxy) is 1. The van der Waals surface area contributed by atoms with Crippen LogP contribution in [0.3, 0.4) is 0 Å². The van der Waals surface area contributed by atoms with Gasteiger partial charge in [-0.25, -0.2) is 4.39 Å². The summed E-state index contributed by atoms with van der Waals surface area (Å²) in [6, 6.07) is 6.46. The summed E-state index contributed by atoms with van der Waals surface area (Å²) in [4.78, 5) is 36.0. The minimum atomic E-state index is -1.17. The summed E-state index contributed by atoms with van der Waals surface area (Å²) in [5, 5.41) is 20.6. The first-order chi connectivity index (χ1) is 17.6. The molecule has 0 saturated heterocycles. The van der Waals surface area contributed by atoms with Crippen molar-refractivity contribution in [3.63, 3.8) is 0 Å². The van der Waals surface area contributed by atoms with Crippen LogP contribution in [0.25, 0.3) is 0 Å². The van der Waals surface area contributed by atoms with Crippen LogP contribution >= 0.6 is 23.2 Å². The second-order valence-electron chi connectivity index (χ2n) is 7.88. The fraction of sp³-hybridized carbons (Fsp3) is 0.227. The van der Waals surface area contributed by atoms with Gasteiger partial charge in [-0.3, -0.25) is 9.59 Å². The van der Waals surface area contributed by atoms with Crippen molar-refractivity contribution in [2.24, 2.45) is 0 Å². The van der Waals surface area contributed by atoms with Crippen LogP contribution in [0.4, 0.5) is 15.9 Å². The number of nitrogens with zero attached hydrogens (tertiary/aromatic N) is 4. The summed E-state index contributed by atoms with van der Waals surface area (Å²) >= 11 is 12.3. The van der Waals surface area contributed by atoms with Gasteiger partial charge in [0.1, 0.15) is 18.1 Å². The lowest BCUT2D eigenvalue weighted by atomic mass is 9.73. The van der Waals surface area contributed by atoms with Gasteiger partial charge < -0.3 is 29.2 Å². The molecule has 1 aromatic carbocycles. The van der Waals surface area contributed by atoms with Crippen molar-refractivity contribution >= 4 is 61.3 Å². The normalized spacial score (nSPS) is 11.4. The highest BCUT2D eigenvalue weighted by molar-refractivity contribution is 6.82. The summed E-state index contributed by atoms with van der Waals surface area (Å²) in [6.07, 6.45) is 1.09. The molecular weight excluding hydrogens is 526 g/mol. The average Bonchev–Trinajstić information content (AvgIpc) is 2.86. The molecule has 15 heteroatoms. The maximum absolute atomic E-state index is 14.1. The van der Waals surface area contributed by atoms with E-state index in [1.807, 2.05) is 0 Å². The molecule has 0 aliphatic carbocycles. The summed E-state index contributed by atoms with van der Waals surface area (Å²) in [6.45, 7) is 5.15. The highest BCUT2D eigenvalue weighted by atomic mass is 35.5. The number of pyridine rings is 1. The molecule has 0 saturated carbocycles. The van der Waals surface area contributed by atoms with E-state index in [1.54, 1.807) is 13.8 Å². The zero-order valence-corrected chi connectivity index (χ0v) is 21.6. The number of aromatic nitrogens is 3. The number of aryl methyl sites for hydroxylation is 1. The third kappa shape index (κ3) is 6.48. The number of halogens is 3. The van der Waals surface area contributed by atoms with E-state index < -0.39 is 24.9 Å². The predicted octanol–water partition coefficient (Wildman–Crippen LogP) is 2.95. The Labute approximate surface area is 222 Å². The quantitative estimate of drug-likeness (QED) is 0.225. The number of rotatable bonds is 10. The SMILES string of the molecule is CCn1cc(NC(=O)c2cc(OC(C)c3c(Cl)ccc(F)c3Cl)c(N(BC=O)B(C)O)nn2)ccc1=O. The van der Waals surface area contributed by atoms with E-state index in [-0.39, 0.29) is 45.8 Å². The summed E-state index contributed by atoms with van der Waals surface area (Å²) in [5.41, 5.74) is 0.0987. The Kier molecular flexibility index (Phi) is 9.30. The molecular formula is C22H22B2Cl2FN5O5. The smallest absolute Gasteiger partial charge is 0.397 e. The molecule has 192 valence electrons. The van der Waals surface area contributed by atoms with Crippen molar-refractivity contribution in [2.45, 2.75) is 33.3 Å². The second-order valence-corrected chi connectivity index (χ2v) is 8.67. The van der Waals surface area contributed by atoms with Crippen LogP contribution in [0, 0.1) is 5.82 Å². The van der Waals surface area contributed by atoms with E-state index in [2.05, 4.69) is 15.5 Å². The standard InChI is InChI=1S/C22H22B2Cl2FN5O5/c1-4-31-10-13(5-8-18(31)34)28-22(35)16-9-17(21(30-29-16)32(23-11-33)24(3)36)37-12(2)19-14(25)6-7-15(27)20(19)26/h5-12,23,36H,4H2,1-3H3,(H,28,35). The Morgan fingerprint density at radius 2 is 2.08 bits per heavy atom. The minimum absolute atomic E-state index is 0.0475. The average molecular weight is 548 g/mol. The molecule has 37 heavy (non-hydrogen) atoms. The van der Waals surface area contributed by atoms with Gasteiger partial charge in [0, 0.05) is 35.5 Å². The zero-order valence-electron chi connectivity index (χ0n) is 20.1. The van der Waals surface area contributed by atoms with Crippen molar-refractivity contribution in [1.82, 2.24) is 14.8 Å². The molecule has 1 amide bonds. The predicted molar refractivity (Wildman–Crippen MR) is 142 cm³/mol. The molecule has 0 radical (unpaired) electrons. The van der Waals surface area contributed by atoms with Crippen molar-refractivity contribution in [3.8, 4) is 5.75 Å². The van der Waals surface area contributed by atoms with Gasteiger partial charge in [-0.15, -0.1) is 10.2 Å². The van der Waals surface area contributed by atoms with Gasteiger partial charge in [0.25, 0.3) is 11.5 Å². The number of anilines is 2. The number of nitrogens with one attached hydrogen (secondary N) is 1. The van der Waals surface area contributed by atoms with Crippen molar-refractivity contribution < 1.29 is 23.7 Å². The van der Waals surface area contributed by atoms with Crippen molar-refractivity contribution in [3.05, 3.63) is 74.0 Å². The molecule has 0 spiro atoms. The van der Waals surface area contributed by atoms with E-state index >= 15 is 0 Å². The van der Waals surface area contributed by atoms with Crippen LogP contribution in [0.5, 0.6) is 5.75 Å². The lowest BCUT2D eigenvalue weighted by Gasteiger charge is -2.26. The number of benzene rings is 1. The highest BCUT2D eigenvalue weighted by Crippen LogP contribution is 2.37. The monoisotopic (exact) mass is 547 g/mol. The Morgan fingerprint density at radius 1 is 1.35 bits per heavy atom. The second kappa shape index (κ2) is 12.2. The number of hydrogen-bond acceptors (Lipinski definition) is 8. The number of carbonyl (C=O) groups excluding carboxylic acids is 2. The summed E-state index contributed by atoms with van der Waals surface area (Å²) in [7, 11) is -1.43. The third-order valence-electron chi connectivity index (χ3n) is 5.34. The minimum Gasteiger partial charge on any atom is -0.482 e. The van der Waals surface area contributed by atoms with Gasteiger partial charge in [-0.1, -0.05) is 23.2 Å². The molecule has 0 aliphatic rings. The van der Waals surface area contributed by atoms with E-state index in [1.165, 1.54) is 46.6 Å². The molecule has 3 aromatic rings. The molecule has 10 nitrogen and oxygen atoms in total. The maximum atomic E-state index is 14.1. The highest BCUT2D eigenvalue weighted by Gasteiger charge is 2.27. The van der Waals surface area contributed by atoms with Crippen LogP contribution in [0.2, 0.25) is 16.9 Å². The number of amides is 1. The van der Waals surface area contributed by atoms with Crippen LogP contribution in [-0.2, 0) is 11.3 Å². The van der Waals surface area contributed by atoms with Crippen LogP contribution < -0.4 is 20.3 Å². The molecule has 3 rings (SSSR count). The van der Waals surface area contributed by atoms with Crippen molar-refractivity contribution in [1.29, 1.82) is 0 Å². The van der Waals surface area contributed by atoms with E-state index in [9.17, 15) is 23.8 Å². The Hall–Kier alpha value is -3.41. The molecule has 0 bridgehead atoms. The van der Waals surface area contributed by atoms with E-state index in [0.29, 0.717) is 18.4 Å². The molecule has 2 N–H and O–H groups in total. The maximum Gasteiger partial charge on any atom is 0.397 e. The van der Waals surface area contributed by atoms with Gasteiger partial charge in [0.15, 0.2) is 17.3 Å². The number of hydrogen-bond donors (Lipinski definition) is 2. The first kappa shape index (κ1) is 28.2. The van der Waals surface area contributed by atoms with Gasteiger partial charge in [-0.05, 0) is 38.9 Å². The summed E-state index contributed by atoms with van der Waals surface area (Å²) < 4.78 is 22.7. The Morgan fingerprint density at radius 3 is 2.73 bits per heavy atom. The molecule has 0 aliphatic heterocycles. The Balaban J connectivity index is 2.02. The van der Waals surface area contributed by atoms with Crippen LogP contribution in [0.15, 0.2) is 41.3 Å². The first-order valence-electron chi connectivity index (χ1n) is 11.1. The molecule has 2 aromatic heterocycles. The van der Waals surface area contributed by atoms with Gasteiger partial charge in [0.05, 0.1) is 10.7 Å². The van der Waals surface area contributed by atoms with E-state index in [4.69, 9.17) is 27.9 Å². The van der Waals surface area contributed by atoms with Crippen molar-refractivity contribution in [2.75, 3.05) is 10.0 Å². The molecule has 0 fully saturated rings. The van der Waals surface area contributed by atoms with Gasteiger partial charge in [-0.2, -0.15) is 0 Å². The Bertz CT molecular complexity index is 1380. The molecule has 1 atom stereocenters. The first-order valence-corrected chi connectivity index (χ1v) is 11.9. The number of carbonyl (C=O) groups is 2. The van der Waals surface area contributed by atoms with Gasteiger partial charge >= 0.3 is 14.5 Å². The van der Waals surface area contributed by atoms with Gasteiger partial charge in [0.2, 0.25) is 0 Å². The molecule has 1 unspecified atom stereocenters. The van der Waals surface area contributed by atoms with Crippen LogP contribution in [0.1, 0.15) is 36.0 Å². The summed E-state index contributed by atoms with van der Waals surface area (Å²) in [5.74, 6) is -1.47. The van der Waals surface area contributed by atoms with E-state index in [0.717, 1.165) is 6.07 Å². The fourth-order valence-electron chi connectivity index (χ4n) is 3.47.